The molecule has 0 aliphatic rings. The van der Waals surface area contributed by atoms with Crippen molar-refractivity contribution in [2.45, 2.75) is 13.3 Å². The lowest BCUT2D eigenvalue weighted by Crippen LogP contribution is -2.17. The van der Waals surface area contributed by atoms with Crippen molar-refractivity contribution in [2.24, 2.45) is 0 Å². The molecule has 0 aliphatic heterocycles. The number of hydrogen-bond donors (Lipinski definition) is 1. The third-order valence-electron chi connectivity index (χ3n) is 2.06. The molecule has 0 radical (unpaired) electrons. The lowest BCUT2D eigenvalue weighted by atomic mass is 10.1. The van der Waals surface area contributed by atoms with Gasteiger partial charge in [0.15, 0.2) is 0 Å². The second kappa shape index (κ2) is 5.40. The molecule has 0 heterocycles. The van der Waals surface area contributed by atoms with Crippen molar-refractivity contribution >= 4 is 0 Å². The average Bonchev–Trinajstić information content (AvgIpc) is 2.15. The SMILES string of the molecule is C#CCNCCc1ccccc1C. The minimum Gasteiger partial charge on any atom is -0.306 e. The van der Waals surface area contributed by atoms with Crippen molar-refractivity contribution in [3.8, 4) is 12.3 Å². The van der Waals surface area contributed by atoms with Gasteiger partial charge in [-0.25, -0.2) is 0 Å². The summed E-state index contributed by atoms with van der Waals surface area (Å²) in [7, 11) is 0. The van der Waals surface area contributed by atoms with E-state index in [0.29, 0.717) is 6.54 Å². The van der Waals surface area contributed by atoms with Crippen LogP contribution >= 0.6 is 0 Å². The van der Waals surface area contributed by atoms with Crippen molar-refractivity contribution in [3.05, 3.63) is 35.4 Å². The second-order valence-electron chi connectivity index (χ2n) is 3.06. The number of hydrogen-bond acceptors (Lipinski definition) is 1. The Morgan fingerprint density at radius 1 is 1.38 bits per heavy atom. The van der Waals surface area contributed by atoms with Crippen LogP contribution < -0.4 is 5.32 Å². The van der Waals surface area contributed by atoms with Crippen LogP contribution in [0.3, 0.4) is 0 Å². The van der Waals surface area contributed by atoms with E-state index in [4.69, 9.17) is 6.42 Å². The molecule has 1 rings (SSSR count). The van der Waals surface area contributed by atoms with E-state index in [0.717, 1.165) is 13.0 Å². The van der Waals surface area contributed by atoms with Gasteiger partial charge in [-0.15, -0.1) is 6.42 Å². The van der Waals surface area contributed by atoms with E-state index in [1.165, 1.54) is 11.1 Å². The molecule has 0 fully saturated rings. The average molecular weight is 173 g/mol. The first kappa shape index (κ1) is 9.83. The van der Waals surface area contributed by atoms with E-state index in [9.17, 15) is 0 Å². The summed E-state index contributed by atoms with van der Waals surface area (Å²) in [5.41, 5.74) is 2.75. The Hall–Kier alpha value is -1.26. The molecule has 0 atom stereocenters. The van der Waals surface area contributed by atoms with Gasteiger partial charge in [-0.05, 0) is 24.5 Å². The Morgan fingerprint density at radius 2 is 2.15 bits per heavy atom. The molecule has 0 saturated carbocycles. The number of rotatable bonds is 4. The molecule has 1 N–H and O–H groups in total. The molecule has 1 heteroatoms. The first-order chi connectivity index (χ1) is 6.34. The molecule has 0 amide bonds. The Bertz CT molecular complexity index is 296. The molecule has 1 aromatic carbocycles. The number of benzene rings is 1. The monoisotopic (exact) mass is 173 g/mol. The quantitative estimate of drug-likeness (QED) is 0.540. The van der Waals surface area contributed by atoms with Crippen LogP contribution in [0.1, 0.15) is 11.1 Å². The summed E-state index contributed by atoms with van der Waals surface area (Å²) >= 11 is 0. The third kappa shape index (κ3) is 3.31. The van der Waals surface area contributed by atoms with Crippen LogP contribution in [0.2, 0.25) is 0 Å². The van der Waals surface area contributed by atoms with Gasteiger partial charge in [-0.2, -0.15) is 0 Å². The predicted molar refractivity (Wildman–Crippen MR) is 56.6 cm³/mol. The topological polar surface area (TPSA) is 12.0 Å². The summed E-state index contributed by atoms with van der Waals surface area (Å²) in [6, 6.07) is 8.43. The Labute approximate surface area is 80.2 Å². The standard InChI is InChI=1S/C12H15N/c1-3-9-13-10-8-12-7-5-4-6-11(12)2/h1,4-7,13H,8-10H2,2H3. The molecule has 0 bridgehead atoms. The van der Waals surface area contributed by atoms with E-state index >= 15 is 0 Å². The van der Waals surface area contributed by atoms with Crippen LogP contribution in [0, 0.1) is 19.3 Å². The maximum Gasteiger partial charge on any atom is 0.0573 e. The van der Waals surface area contributed by atoms with Crippen LogP contribution in [-0.2, 0) is 6.42 Å². The summed E-state index contributed by atoms with van der Waals surface area (Å²) in [6.45, 7) is 3.75. The van der Waals surface area contributed by atoms with E-state index < -0.39 is 0 Å². The minimum atomic E-state index is 0.659. The van der Waals surface area contributed by atoms with Gasteiger partial charge in [0.2, 0.25) is 0 Å². The van der Waals surface area contributed by atoms with Gasteiger partial charge in [0.25, 0.3) is 0 Å². The van der Waals surface area contributed by atoms with Gasteiger partial charge >= 0.3 is 0 Å². The molecule has 0 saturated heterocycles. The van der Waals surface area contributed by atoms with Crippen LogP contribution in [-0.4, -0.2) is 13.1 Å². The molecule has 68 valence electrons. The minimum absolute atomic E-state index is 0.659. The van der Waals surface area contributed by atoms with E-state index in [1.807, 2.05) is 0 Å². The predicted octanol–water partition coefficient (Wildman–Crippen LogP) is 1.76. The number of terminal acetylenes is 1. The zero-order valence-electron chi connectivity index (χ0n) is 8.01. The molecule has 1 nitrogen and oxygen atoms in total. The molecule has 0 aromatic heterocycles. The highest BCUT2D eigenvalue weighted by Gasteiger charge is 1.94. The summed E-state index contributed by atoms with van der Waals surface area (Å²) in [4.78, 5) is 0. The Balaban J connectivity index is 2.37. The fraction of sp³-hybridized carbons (Fsp3) is 0.333. The van der Waals surface area contributed by atoms with E-state index in [-0.39, 0.29) is 0 Å². The molecular weight excluding hydrogens is 158 g/mol. The zero-order valence-corrected chi connectivity index (χ0v) is 8.01. The molecule has 1 aromatic rings. The number of aryl methyl sites for hydroxylation is 1. The van der Waals surface area contributed by atoms with E-state index in [2.05, 4.69) is 42.4 Å². The first-order valence-corrected chi connectivity index (χ1v) is 4.53. The van der Waals surface area contributed by atoms with Crippen molar-refractivity contribution < 1.29 is 0 Å². The van der Waals surface area contributed by atoms with Crippen LogP contribution in [0.4, 0.5) is 0 Å². The maximum absolute atomic E-state index is 5.13. The van der Waals surface area contributed by atoms with Crippen molar-refractivity contribution in [1.82, 2.24) is 5.32 Å². The normalized spacial score (nSPS) is 9.54. The van der Waals surface area contributed by atoms with Gasteiger partial charge in [0, 0.05) is 6.54 Å². The molecule has 13 heavy (non-hydrogen) atoms. The van der Waals surface area contributed by atoms with E-state index in [1.54, 1.807) is 0 Å². The molecule has 0 spiro atoms. The lowest BCUT2D eigenvalue weighted by molar-refractivity contribution is 0.751. The highest BCUT2D eigenvalue weighted by Crippen LogP contribution is 2.06. The maximum atomic E-state index is 5.13. The zero-order chi connectivity index (χ0) is 9.52. The van der Waals surface area contributed by atoms with Crippen molar-refractivity contribution in [3.63, 3.8) is 0 Å². The first-order valence-electron chi connectivity index (χ1n) is 4.53. The number of nitrogens with one attached hydrogen (secondary N) is 1. The largest absolute Gasteiger partial charge is 0.306 e. The van der Waals surface area contributed by atoms with Crippen LogP contribution in [0.15, 0.2) is 24.3 Å². The van der Waals surface area contributed by atoms with Gasteiger partial charge in [-0.1, -0.05) is 30.2 Å². The fourth-order valence-electron chi connectivity index (χ4n) is 1.27. The second-order valence-corrected chi connectivity index (χ2v) is 3.06. The lowest BCUT2D eigenvalue weighted by Gasteiger charge is -2.04. The highest BCUT2D eigenvalue weighted by molar-refractivity contribution is 5.25. The van der Waals surface area contributed by atoms with Crippen LogP contribution in [0.25, 0.3) is 0 Å². The molecular formula is C12H15N. The molecule has 0 aliphatic carbocycles. The fourth-order valence-corrected chi connectivity index (χ4v) is 1.27. The Kier molecular flexibility index (Phi) is 4.08. The van der Waals surface area contributed by atoms with Crippen LogP contribution in [0.5, 0.6) is 0 Å². The van der Waals surface area contributed by atoms with Crippen molar-refractivity contribution in [1.29, 1.82) is 0 Å². The van der Waals surface area contributed by atoms with Gasteiger partial charge in [-0.3, -0.25) is 0 Å². The summed E-state index contributed by atoms with van der Waals surface area (Å²) in [5, 5.41) is 3.17. The summed E-state index contributed by atoms with van der Waals surface area (Å²) in [5.74, 6) is 2.56. The third-order valence-corrected chi connectivity index (χ3v) is 2.06. The highest BCUT2D eigenvalue weighted by atomic mass is 14.8. The van der Waals surface area contributed by atoms with Gasteiger partial charge < -0.3 is 5.32 Å². The summed E-state index contributed by atoms with van der Waals surface area (Å²) < 4.78 is 0. The van der Waals surface area contributed by atoms with Gasteiger partial charge in [0.1, 0.15) is 0 Å². The van der Waals surface area contributed by atoms with Gasteiger partial charge in [0.05, 0.1) is 6.54 Å². The Morgan fingerprint density at radius 3 is 2.85 bits per heavy atom. The van der Waals surface area contributed by atoms with Crippen molar-refractivity contribution in [2.75, 3.05) is 13.1 Å². The molecule has 0 unspecified atom stereocenters. The smallest absolute Gasteiger partial charge is 0.0573 e. The summed E-state index contributed by atoms with van der Waals surface area (Å²) in [6.07, 6.45) is 6.18.